The number of nitrogens with one attached hydrogen (secondary N) is 1. The molecule has 0 saturated carbocycles. The van der Waals surface area contributed by atoms with Crippen LogP contribution in [0.1, 0.15) is 42.9 Å². The van der Waals surface area contributed by atoms with Crippen molar-refractivity contribution >= 4 is 0 Å². The van der Waals surface area contributed by atoms with Crippen molar-refractivity contribution in [3.05, 3.63) is 28.8 Å². The largest absolute Gasteiger partial charge is 0.496 e. The Morgan fingerprint density at radius 3 is 2.65 bits per heavy atom. The number of hydrogen-bond donors (Lipinski definition) is 1. The second-order valence-corrected chi connectivity index (χ2v) is 5.68. The molecule has 0 aliphatic carbocycles. The van der Waals surface area contributed by atoms with Crippen molar-refractivity contribution in [1.29, 1.82) is 0 Å². The van der Waals surface area contributed by atoms with E-state index in [2.05, 4.69) is 5.32 Å². The molecule has 0 radical (unpaired) electrons. The van der Waals surface area contributed by atoms with Crippen LogP contribution >= 0.6 is 0 Å². The molecular formula is C16H23F2NO. The SMILES string of the molecule is COc1c(C(C)(F)F)ccc(C)c1CC1CCCCN1. The highest BCUT2D eigenvalue weighted by atomic mass is 19.3. The van der Waals surface area contributed by atoms with Gasteiger partial charge in [0.25, 0.3) is 5.92 Å². The molecular weight excluding hydrogens is 260 g/mol. The fraction of sp³-hybridized carbons (Fsp3) is 0.625. The summed E-state index contributed by atoms with van der Waals surface area (Å²) in [5.41, 5.74) is 1.91. The van der Waals surface area contributed by atoms with Crippen LogP contribution < -0.4 is 10.1 Å². The van der Waals surface area contributed by atoms with Gasteiger partial charge in [-0.15, -0.1) is 0 Å². The van der Waals surface area contributed by atoms with E-state index in [1.165, 1.54) is 26.0 Å². The van der Waals surface area contributed by atoms with Crippen LogP contribution in [0.2, 0.25) is 0 Å². The Balaban J connectivity index is 2.34. The number of benzene rings is 1. The molecule has 2 nitrogen and oxygen atoms in total. The molecule has 0 spiro atoms. The predicted molar refractivity (Wildman–Crippen MR) is 76.6 cm³/mol. The number of halogens is 2. The van der Waals surface area contributed by atoms with Gasteiger partial charge < -0.3 is 10.1 Å². The Morgan fingerprint density at radius 1 is 1.35 bits per heavy atom. The molecule has 1 aliphatic rings. The molecule has 1 aromatic rings. The number of ether oxygens (including phenoxy) is 1. The lowest BCUT2D eigenvalue weighted by Gasteiger charge is -2.26. The topological polar surface area (TPSA) is 21.3 Å². The average Bonchev–Trinajstić information content (AvgIpc) is 2.40. The highest BCUT2D eigenvalue weighted by molar-refractivity contribution is 5.48. The number of hydrogen-bond acceptors (Lipinski definition) is 2. The predicted octanol–water partition coefficient (Wildman–Crippen LogP) is 3.80. The molecule has 112 valence electrons. The smallest absolute Gasteiger partial charge is 0.274 e. The summed E-state index contributed by atoms with van der Waals surface area (Å²) in [4.78, 5) is 0. The molecule has 0 aromatic heterocycles. The number of rotatable bonds is 4. The van der Waals surface area contributed by atoms with E-state index in [0.29, 0.717) is 11.8 Å². The third-order valence-electron chi connectivity index (χ3n) is 4.03. The van der Waals surface area contributed by atoms with Gasteiger partial charge in [0.05, 0.1) is 12.7 Å². The van der Waals surface area contributed by atoms with Crippen molar-refractivity contribution in [2.75, 3.05) is 13.7 Å². The van der Waals surface area contributed by atoms with Crippen LogP contribution in [0, 0.1) is 6.92 Å². The Hall–Kier alpha value is -1.16. The Morgan fingerprint density at radius 2 is 2.10 bits per heavy atom. The van der Waals surface area contributed by atoms with Gasteiger partial charge in [0.2, 0.25) is 0 Å². The number of alkyl halides is 2. The Bertz CT molecular complexity index is 462. The van der Waals surface area contributed by atoms with Crippen LogP contribution in [0.4, 0.5) is 8.78 Å². The standard InChI is InChI=1S/C16H23F2NO/c1-11-7-8-14(16(2,17)18)15(20-3)13(11)10-12-6-4-5-9-19-12/h7-8,12,19H,4-6,9-10H2,1-3H3. The summed E-state index contributed by atoms with van der Waals surface area (Å²) in [5.74, 6) is -2.53. The zero-order chi connectivity index (χ0) is 14.8. The number of aryl methyl sites for hydroxylation is 1. The van der Waals surface area contributed by atoms with Crippen molar-refractivity contribution in [2.24, 2.45) is 0 Å². The maximum absolute atomic E-state index is 13.7. The molecule has 1 N–H and O–H groups in total. The summed E-state index contributed by atoms with van der Waals surface area (Å²) >= 11 is 0. The lowest BCUT2D eigenvalue weighted by molar-refractivity contribution is 0.0149. The third-order valence-corrected chi connectivity index (χ3v) is 4.03. The van der Waals surface area contributed by atoms with Gasteiger partial charge in [-0.2, -0.15) is 0 Å². The van der Waals surface area contributed by atoms with E-state index in [1.54, 1.807) is 6.07 Å². The maximum atomic E-state index is 13.7. The fourth-order valence-electron chi connectivity index (χ4n) is 2.90. The van der Waals surface area contributed by atoms with Crippen LogP contribution in [0.3, 0.4) is 0 Å². The molecule has 0 bridgehead atoms. The molecule has 1 aliphatic heterocycles. The first kappa shape index (κ1) is 15.2. The van der Waals surface area contributed by atoms with E-state index >= 15 is 0 Å². The first-order valence-electron chi connectivity index (χ1n) is 7.21. The third kappa shape index (κ3) is 3.29. The van der Waals surface area contributed by atoms with Gasteiger partial charge in [0.1, 0.15) is 5.75 Å². The zero-order valence-electron chi connectivity index (χ0n) is 12.4. The quantitative estimate of drug-likeness (QED) is 0.907. The molecule has 1 heterocycles. The molecule has 2 rings (SSSR count). The molecule has 0 amide bonds. The van der Waals surface area contributed by atoms with Gasteiger partial charge in [0.15, 0.2) is 0 Å². The molecule has 1 saturated heterocycles. The molecule has 1 fully saturated rings. The summed E-state index contributed by atoms with van der Waals surface area (Å²) < 4.78 is 32.7. The van der Waals surface area contributed by atoms with Crippen molar-refractivity contribution in [2.45, 2.75) is 51.5 Å². The minimum absolute atomic E-state index is 0.0172. The van der Waals surface area contributed by atoms with Gasteiger partial charge in [0, 0.05) is 13.0 Å². The lowest BCUT2D eigenvalue weighted by atomic mass is 9.92. The van der Waals surface area contributed by atoms with E-state index < -0.39 is 5.92 Å². The summed E-state index contributed by atoms with van der Waals surface area (Å²) in [6, 6.07) is 3.61. The van der Waals surface area contributed by atoms with Crippen molar-refractivity contribution in [3.63, 3.8) is 0 Å². The van der Waals surface area contributed by atoms with Gasteiger partial charge in [-0.1, -0.05) is 12.5 Å². The van der Waals surface area contributed by atoms with Gasteiger partial charge in [-0.05, 0) is 49.9 Å². The highest BCUT2D eigenvalue weighted by Crippen LogP contribution is 2.38. The van der Waals surface area contributed by atoms with Crippen LogP contribution in [-0.4, -0.2) is 19.7 Å². The summed E-state index contributed by atoms with van der Waals surface area (Å²) in [5, 5.41) is 3.46. The van der Waals surface area contributed by atoms with Crippen LogP contribution in [0.5, 0.6) is 5.75 Å². The first-order chi connectivity index (χ1) is 9.43. The second-order valence-electron chi connectivity index (χ2n) is 5.68. The maximum Gasteiger partial charge on any atom is 0.274 e. The average molecular weight is 283 g/mol. The van der Waals surface area contributed by atoms with E-state index in [1.807, 2.05) is 6.92 Å². The Kier molecular flexibility index (Phi) is 4.63. The van der Waals surface area contributed by atoms with Gasteiger partial charge in [-0.3, -0.25) is 0 Å². The summed E-state index contributed by atoms with van der Waals surface area (Å²) in [7, 11) is 1.47. The van der Waals surface area contributed by atoms with Crippen molar-refractivity contribution in [1.82, 2.24) is 5.32 Å². The summed E-state index contributed by atoms with van der Waals surface area (Å²) in [6.07, 6.45) is 4.23. The molecule has 1 atom stereocenters. The highest BCUT2D eigenvalue weighted by Gasteiger charge is 2.31. The molecule has 1 unspecified atom stereocenters. The van der Waals surface area contributed by atoms with E-state index in [-0.39, 0.29) is 5.56 Å². The second kappa shape index (κ2) is 6.08. The van der Waals surface area contributed by atoms with Crippen LogP contribution in [-0.2, 0) is 12.3 Å². The number of methoxy groups -OCH3 is 1. The monoisotopic (exact) mass is 283 g/mol. The van der Waals surface area contributed by atoms with E-state index in [4.69, 9.17) is 4.74 Å². The minimum atomic E-state index is -2.88. The van der Waals surface area contributed by atoms with E-state index in [9.17, 15) is 8.78 Å². The normalized spacial score (nSPS) is 19.9. The van der Waals surface area contributed by atoms with E-state index in [0.717, 1.165) is 37.4 Å². The van der Waals surface area contributed by atoms with Gasteiger partial charge >= 0.3 is 0 Å². The van der Waals surface area contributed by atoms with Crippen molar-refractivity contribution in [3.8, 4) is 5.75 Å². The zero-order valence-corrected chi connectivity index (χ0v) is 12.4. The summed E-state index contributed by atoms with van der Waals surface area (Å²) in [6.45, 7) is 3.89. The fourth-order valence-corrected chi connectivity index (χ4v) is 2.90. The first-order valence-corrected chi connectivity index (χ1v) is 7.21. The van der Waals surface area contributed by atoms with Gasteiger partial charge in [-0.25, -0.2) is 8.78 Å². The minimum Gasteiger partial charge on any atom is -0.496 e. The molecule has 4 heteroatoms. The number of piperidine rings is 1. The van der Waals surface area contributed by atoms with Crippen LogP contribution in [0.25, 0.3) is 0 Å². The van der Waals surface area contributed by atoms with Crippen molar-refractivity contribution < 1.29 is 13.5 Å². The van der Waals surface area contributed by atoms with Crippen LogP contribution in [0.15, 0.2) is 12.1 Å². The Labute approximate surface area is 119 Å². The lowest BCUT2D eigenvalue weighted by Crippen LogP contribution is -2.36. The molecule has 1 aromatic carbocycles. The molecule has 20 heavy (non-hydrogen) atoms.